The standard InChI is InChI=1S/C12H12ClN/c13-10-2-1-8-5-9-7-14-4-3-11(9)12(8)6-10/h1-2,6,14H,3-5,7H2. The maximum Gasteiger partial charge on any atom is 0.0412 e. The molecule has 14 heavy (non-hydrogen) atoms. The van der Waals surface area contributed by atoms with E-state index in [2.05, 4.69) is 17.4 Å². The van der Waals surface area contributed by atoms with Gasteiger partial charge in [0.25, 0.3) is 0 Å². The van der Waals surface area contributed by atoms with E-state index in [1.54, 1.807) is 11.1 Å². The summed E-state index contributed by atoms with van der Waals surface area (Å²) in [5, 5.41) is 4.27. The molecule has 0 saturated carbocycles. The summed E-state index contributed by atoms with van der Waals surface area (Å²) < 4.78 is 0. The molecule has 2 heteroatoms. The van der Waals surface area contributed by atoms with Crippen LogP contribution in [0, 0.1) is 0 Å². The zero-order valence-electron chi connectivity index (χ0n) is 7.94. The van der Waals surface area contributed by atoms with E-state index in [1.165, 1.54) is 11.1 Å². The molecule has 1 nitrogen and oxygen atoms in total. The number of halogens is 1. The van der Waals surface area contributed by atoms with E-state index >= 15 is 0 Å². The van der Waals surface area contributed by atoms with Gasteiger partial charge in [-0.25, -0.2) is 0 Å². The summed E-state index contributed by atoms with van der Waals surface area (Å²) in [5.74, 6) is 0. The average molecular weight is 206 g/mol. The summed E-state index contributed by atoms with van der Waals surface area (Å²) in [7, 11) is 0. The Hall–Kier alpha value is -0.790. The van der Waals surface area contributed by atoms with Crippen LogP contribution in [-0.4, -0.2) is 13.1 Å². The largest absolute Gasteiger partial charge is 0.313 e. The molecule has 3 rings (SSSR count). The monoisotopic (exact) mass is 205 g/mol. The highest BCUT2D eigenvalue weighted by molar-refractivity contribution is 6.30. The molecule has 1 N–H and O–H groups in total. The van der Waals surface area contributed by atoms with E-state index in [0.717, 1.165) is 31.0 Å². The van der Waals surface area contributed by atoms with Gasteiger partial charge in [-0.1, -0.05) is 17.7 Å². The Morgan fingerprint density at radius 3 is 3.14 bits per heavy atom. The third-order valence-corrected chi connectivity index (χ3v) is 3.35. The van der Waals surface area contributed by atoms with Crippen molar-refractivity contribution in [1.82, 2.24) is 5.32 Å². The predicted molar refractivity (Wildman–Crippen MR) is 59.6 cm³/mol. The molecule has 1 aromatic rings. The Morgan fingerprint density at radius 2 is 2.21 bits per heavy atom. The molecule has 2 aliphatic rings. The van der Waals surface area contributed by atoms with E-state index in [-0.39, 0.29) is 0 Å². The molecule has 0 radical (unpaired) electrons. The van der Waals surface area contributed by atoms with Crippen LogP contribution in [-0.2, 0) is 6.42 Å². The first kappa shape index (κ1) is 8.51. The van der Waals surface area contributed by atoms with Crippen molar-refractivity contribution in [3.05, 3.63) is 39.9 Å². The van der Waals surface area contributed by atoms with Gasteiger partial charge in [0.2, 0.25) is 0 Å². The van der Waals surface area contributed by atoms with Crippen LogP contribution in [0.2, 0.25) is 5.02 Å². The lowest BCUT2D eigenvalue weighted by Crippen LogP contribution is -2.23. The number of fused-ring (bicyclic) bond motifs is 2. The van der Waals surface area contributed by atoms with Gasteiger partial charge in [-0.05, 0) is 53.8 Å². The fraction of sp³-hybridized carbons (Fsp3) is 0.333. The first-order valence-electron chi connectivity index (χ1n) is 5.05. The third kappa shape index (κ3) is 1.20. The first-order chi connectivity index (χ1) is 6.84. The summed E-state index contributed by atoms with van der Waals surface area (Å²) in [6.07, 6.45) is 2.28. The van der Waals surface area contributed by atoms with Crippen molar-refractivity contribution in [3.8, 4) is 0 Å². The van der Waals surface area contributed by atoms with E-state index in [1.807, 2.05) is 6.07 Å². The molecule has 0 aromatic heterocycles. The Balaban J connectivity index is 2.12. The van der Waals surface area contributed by atoms with Crippen LogP contribution in [0.15, 0.2) is 23.8 Å². The van der Waals surface area contributed by atoms with Crippen LogP contribution in [0.3, 0.4) is 0 Å². The minimum atomic E-state index is 0.857. The summed E-state index contributed by atoms with van der Waals surface area (Å²) >= 11 is 6.02. The summed E-state index contributed by atoms with van der Waals surface area (Å²) in [5.41, 5.74) is 5.95. The van der Waals surface area contributed by atoms with E-state index < -0.39 is 0 Å². The second-order valence-electron chi connectivity index (χ2n) is 3.99. The van der Waals surface area contributed by atoms with Crippen molar-refractivity contribution >= 4 is 17.2 Å². The molecule has 1 aliphatic carbocycles. The fourth-order valence-corrected chi connectivity index (χ4v) is 2.62. The molecule has 0 bridgehead atoms. The molecule has 0 fully saturated rings. The summed E-state index contributed by atoms with van der Waals surface area (Å²) in [6.45, 7) is 2.16. The van der Waals surface area contributed by atoms with Crippen molar-refractivity contribution in [2.24, 2.45) is 0 Å². The van der Waals surface area contributed by atoms with Crippen LogP contribution in [0.4, 0.5) is 0 Å². The average Bonchev–Trinajstić information content (AvgIpc) is 2.56. The fourth-order valence-electron chi connectivity index (χ4n) is 2.44. The maximum atomic E-state index is 6.02. The molecule has 0 saturated heterocycles. The lowest BCUT2D eigenvalue weighted by molar-refractivity contribution is 0.711. The first-order valence-corrected chi connectivity index (χ1v) is 5.43. The predicted octanol–water partition coefficient (Wildman–Crippen LogP) is 2.64. The summed E-state index contributed by atoms with van der Waals surface area (Å²) in [6, 6.07) is 6.27. The third-order valence-electron chi connectivity index (χ3n) is 3.12. The Bertz CT molecular complexity index is 420. The van der Waals surface area contributed by atoms with E-state index in [9.17, 15) is 0 Å². The molecule has 0 atom stereocenters. The quantitative estimate of drug-likeness (QED) is 0.687. The second-order valence-corrected chi connectivity index (χ2v) is 4.42. The van der Waals surface area contributed by atoms with Crippen LogP contribution < -0.4 is 5.32 Å². The summed E-state index contributed by atoms with van der Waals surface area (Å²) in [4.78, 5) is 0. The molecular formula is C12H12ClN. The van der Waals surface area contributed by atoms with Crippen molar-refractivity contribution in [1.29, 1.82) is 0 Å². The van der Waals surface area contributed by atoms with Gasteiger partial charge in [-0.3, -0.25) is 0 Å². The highest BCUT2D eigenvalue weighted by Gasteiger charge is 2.23. The number of hydrogen-bond donors (Lipinski definition) is 1. The Labute approximate surface area is 88.8 Å². The molecular weight excluding hydrogens is 194 g/mol. The minimum absolute atomic E-state index is 0.857. The molecule has 1 aromatic carbocycles. The van der Waals surface area contributed by atoms with E-state index in [4.69, 9.17) is 11.6 Å². The molecule has 0 unspecified atom stereocenters. The van der Waals surface area contributed by atoms with Crippen molar-refractivity contribution in [2.75, 3.05) is 13.1 Å². The van der Waals surface area contributed by atoms with E-state index in [0.29, 0.717) is 0 Å². The molecule has 1 heterocycles. The van der Waals surface area contributed by atoms with Gasteiger partial charge in [0.1, 0.15) is 0 Å². The van der Waals surface area contributed by atoms with Gasteiger partial charge < -0.3 is 5.32 Å². The minimum Gasteiger partial charge on any atom is -0.313 e. The zero-order valence-corrected chi connectivity index (χ0v) is 8.69. The lowest BCUT2D eigenvalue weighted by Gasteiger charge is -2.15. The number of hydrogen-bond acceptors (Lipinski definition) is 1. The number of rotatable bonds is 0. The smallest absolute Gasteiger partial charge is 0.0412 e. The van der Waals surface area contributed by atoms with Crippen LogP contribution in [0.5, 0.6) is 0 Å². The van der Waals surface area contributed by atoms with Gasteiger partial charge in [-0.15, -0.1) is 0 Å². The molecule has 1 aliphatic heterocycles. The number of nitrogens with one attached hydrogen (secondary N) is 1. The lowest BCUT2D eigenvalue weighted by atomic mass is 10.0. The van der Waals surface area contributed by atoms with Gasteiger partial charge in [-0.2, -0.15) is 0 Å². The van der Waals surface area contributed by atoms with Gasteiger partial charge in [0.05, 0.1) is 0 Å². The molecule has 0 spiro atoms. The van der Waals surface area contributed by atoms with Crippen LogP contribution in [0.1, 0.15) is 17.5 Å². The van der Waals surface area contributed by atoms with Crippen molar-refractivity contribution in [2.45, 2.75) is 12.8 Å². The SMILES string of the molecule is Clc1ccc2c(c1)C1=C(CNCC1)C2. The van der Waals surface area contributed by atoms with Crippen LogP contribution >= 0.6 is 11.6 Å². The zero-order chi connectivity index (χ0) is 9.54. The van der Waals surface area contributed by atoms with Crippen molar-refractivity contribution < 1.29 is 0 Å². The van der Waals surface area contributed by atoms with Gasteiger partial charge >= 0.3 is 0 Å². The Morgan fingerprint density at radius 1 is 1.29 bits per heavy atom. The molecule has 72 valence electrons. The highest BCUT2D eigenvalue weighted by atomic mass is 35.5. The van der Waals surface area contributed by atoms with Crippen LogP contribution in [0.25, 0.3) is 5.57 Å². The van der Waals surface area contributed by atoms with Gasteiger partial charge in [0.15, 0.2) is 0 Å². The maximum absolute atomic E-state index is 6.02. The van der Waals surface area contributed by atoms with Gasteiger partial charge in [0, 0.05) is 11.6 Å². The molecule has 0 amide bonds. The second kappa shape index (κ2) is 3.11. The number of benzene rings is 1. The Kier molecular flexibility index (Phi) is 1.89. The highest BCUT2D eigenvalue weighted by Crippen LogP contribution is 2.37. The topological polar surface area (TPSA) is 12.0 Å². The normalized spacial score (nSPS) is 19.5. The van der Waals surface area contributed by atoms with Crippen molar-refractivity contribution in [3.63, 3.8) is 0 Å².